The van der Waals surface area contributed by atoms with Crippen LogP contribution < -0.4 is 10.6 Å². The Morgan fingerprint density at radius 1 is 1.35 bits per heavy atom. The van der Waals surface area contributed by atoms with Crippen molar-refractivity contribution in [2.24, 2.45) is 5.92 Å². The standard InChI is InChI=1S/C15H24N4O/c1-9(2)14-17-8-12(16-4)13(19-14)15(20)18-10(3)11-6-5-7-11/h8-11,16H,5-7H2,1-4H3,(H,18,20). The second-order valence-electron chi connectivity index (χ2n) is 5.85. The second-order valence-corrected chi connectivity index (χ2v) is 5.85. The second kappa shape index (κ2) is 6.20. The molecule has 1 aliphatic carbocycles. The summed E-state index contributed by atoms with van der Waals surface area (Å²) < 4.78 is 0. The summed E-state index contributed by atoms with van der Waals surface area (Å²) in [6.07, 6.45) is 5.38. The van der Waals surface area contributed by atoms with E-state index in [-0.39, 0.29) is 17.9 Å². The average molecular weight is 276 g/mol. The average Bonchev–Trinajstić information content (AvgIpc) is 2.35. The molecule has 1 amide bonds. The van der Waals surface area contributed by atoms with Crippen molar-refractivity contribution < 1.29 is 4.79 Å². The van der Waals surface area contributed by atoms with Crippen molar-refractivity contribution in [1.82, 2.24) is 15.3 Å². The molecule has 1 aromatic heterocycles. The molecule has 1 saturated carbocycles. The van der Waals surface area contributed by atoms with Gasteiger partial charge in [-0.05, 0) is 25.7 Å². The van der Waals surface area contributed by atoms with Crippen LogP contribution >= 0.6 is 0 Å². The molecule has 0 aliphatic heterocycles. The lowest BCUT2D eigenvalue weighted by atomic mass is 9.80. The highest BCUT2D eigenvalue weighted by atomic mass is 16.2. The van der Waals surface area contributed by atoms with Gasteiger partial charge in [-0.3, -0.25) is 4.79 Å². The van der Waals surface area contributed by atoms with Gasteiger partial charge in [-0.15, -0.1) is 0 Å². The summed E-state index contributed by atoms with van der Waals surface area (Å²) in [5.74, 6) is 1.41. The molecule has 0 bridgehead atoms. The van der Waals surface area contributed by atoms with Crippen molar-refractivity contribution in [3.63, 3.8) is 0 Å². The minimum atomic E-state index is -0.113. The third kappa shape index (κ3) is 3.08. The van der Waals surface area contributed by atoms with Gasteiger partial charge in [0.1, 0.15) is 5.82 Å². The fourth-order valence-electron chi connectivity index (χ4n) is 2.36. The zero-order valence-electron chi connectivity index (χ0n) is 12.7. The van der Waals surface area contributed by atoms with Gasteiger partial charge in [-0.25, -0.2) is 9.97 Å². The van der Waals surface area contributed by atoms with Crippen LogP contribution in [0.5, 0.6) is 0 Å². The Bertz CT molecular complexity index is 483. The Labute approximate surface area is 120 Å². The highest BCUT2D eigenvalue weighted by Gasteiger charge is 2.26. The molecule has 0 saturated heterocycles. The van der Waals surface area contributed by atoms with Crippen LogP contribution in [-0.4, -0.2) is 29.0 Å². The van der Waals surface area contributed by atoms with E-state index >= 15 is 0 Å². The molecule has 2 N–H and O–H groups in total. The van der Waals surface area contributed by atoms with E-state index in [0.717, 1.165) is 0 Å². The van der Waals surface area contributed by atoms with Crippen LogP contribution in [0.4, 0.5) is 5.69 Å². The molecule has 0 radical (unpaired) electrons. The number of nitrogens with one attached hydrogen (secondary N) is 2. The van der Waals surface area contributed by atoms with Gasteiger partial charge in [0, 0.05) is 19.0 Å². The Balaban J connectivity index is 2.16. The normalized spacial score (nSPS) is 16.6. The lowest BCUT2D eigenvalue weighted by Gasteiger charge is -2.31. The van der Waals surface area contributed by atoms with Gasteiger partial charge in [0.05, 0.1) is 11.9 Å². The summed E-state index contributed by atoms with van der Waals surface area (Å²) in [5, 5.41) is 6.06. The largest absolute Gasteiger partial charge is 0.385 e. The molecule has 5 nitrogen and oxygen atoms in total. The Hall–Kier alpha value is -1.65. The molecule has 1 heterocycles. The number of rotatable bonds is 5. The molecule has 5 heteroatoms. The summed E-state index contributed by atoms with van der Waals surface area (Å²) in [4.78, 5) is 21.1. The first-order valence-corrected chi connectivity index (χ1v) is 7.38. The van der Waals surface area contributed by atoms with Crippen LogP contribution in [0.25, 0.3) is 0 Å². The lowest BCUT2D eigenvalue weighted by molar-refractivity contribution is 0.0904. The molecule has 20 heavy (non-hydrogen) atoms. The molecule has 0 spiro atoms. The fourth-order valence-corrected chi connectivity index (χ4v) is 2.36. The van der Waals surface area contributed by atoms with Gasteiger partial charge in [-0.1, -0.05) is 20.3 Å². The maximum Gasteiger partial charge on any atom is 0.272 e. The van der Waals surface area contributed by atoms with Crippen LogP contribution in [-0.2, 0) is 0 Å². The molecule has 2 rings (SSSR count). The Morgan fingerprint density at radius 3 is 2.55 bits per heavy atom. The first-order chi connectivity index (χ1) is 9.52. The van der Waals surface area contributed by atoms with E-state index in [2.05, 4.69) is 27.5 Å². The molecular weight excluding hydrogens is 252 g/mol. The summed E-state index contributed by atoms with van der Waals surface area (Å²) in [5.41, 5.74) is 1.12. The SMILES string of the molecule is CNc1cnc(C(C)C)nc1C(=O)NC(C)C1CCC1. The van der Waals surface area contributed by atoms with Gasteiger partial charge in [0.2, 0.25) is 0 Å². The third-order valence-electron chi connectivity index (χ3n) is 4.02. The van der Waals surface area contributed by atoms with Crippen LogP contribution in [0.1, 0.15) is 62.3 Å². The number of anilines is 1. The molecule has 1 aliphatic rings. The molecule has 110 valence electrons. The molecule has 1 aromatic rings. The lowest BCUT2D eigenvalue weighted by Crippen LogP contribution is -2.41. The molecule has 1 unspecified atom stereocenters. The minimum Gasteiger partial charge on any atom is -0.385 e. The number of nitrogens with zero attached hydrogens (tertiary/aromatic N) is 2. The first kappa shape index (κ1) is 14.8. The van der Waals surface area contributed by atoms with Crippen molar-refractivity contribution in [2.45, 2.75) is 52.0 Å². The molecule has 1 fully saturated rings. The van der Waals surface area contributed by atoms with Gasteiger partial charge >= 0.3 is 0 Å². The van der Waals surface area contributed by atoms with Gasteiger partial charge in [-0.2, -0.15) is 0 Å². The minimum absolute atomic E-state index is 0.113. The molecule has 0 aromatic carbocycles. The number of hydrogen-bond acceptors (Lipinski definition) is 4. The van der Waals surface area contributed by atoms with E-state index in [4.69, 9.17) is 0 Å². The van der Waals surface area contributed by atoms with Gasteiger partial charge < -0.3 is 10.6 Å². The quantitative estimate of drug-likeness (QED) is 0.867. The predicted molar refractivity (Wildman–Crippen MR) is 79.9 cm³/mol. The van der Waals surface area contributed by atoms with Crippen molar-refractivity contribution >= 4 is 11.6 Å². The number of aromatic nitrogens is 2. The topological polar surface area (TPSA) is 66.9 Å². The predicted octanol–water partition coefficient (Wildman–Crippen LogP) is 2.56. The van der Waals surface area contributed by atoms with Gasteiger partial charge in [0.15, 0.2) is 5.69 Å². The van der Waals surface area contributed by atoms with E-state index in [1.807, 2.05) is 13.8 Å². The van der Waals surface area contributed by atoms with Crippen molar-refractivity contribution in [1.29, 1.82) is 0 Å². The number of carbonyl (C=O) groups excluding carboxylic acids is 1. The highest BCUT2D eigenvalue weighted by Crippen LogP contribution is 2.29. The van der Waals surface area contributed by atoms with Crippen LogP contribution in [0.3, 0.4) is 0 Å². The molecule has 1 atom stereocenters. The summed E-state index contributed by atoms with van der Waals surface area (Å²) >= 11 is 0. The number of carbonyl (C=O) groups is 1. The van der Waals surface area contributed by atoms with Crippen LogP contribution in [0.2, 0.25) is 0 Å². The van der Waals surface area contributed by atoms with E-state index in [1.54, 1.807) is 13.2 Å². The fraction of sp³-hybridized carbons (Fsp3) is 0.667. The van der Waals surface area contributed by atoms with Crippen molar-refractivity contribution in [2.75, 3.05) is 12.4 Å². The Kier molecular flexibility index (Phi) is 4.57. The maximum atomic E-state index is 12.4. The summed E-state index contributed by atoms with van der Waals surface area (Å²) in [7, 11) is 1.78. The van der Waals surface area contributed by atoms with E-state index in [1.165, 1.54) is 19.3 Å². The molecular formula is C15H24N4O. The monoisotopic (exact) mass is 276 g/mol. The van der Waals surface area contributed by atoms with Crippen molar-refractivity contribution in [3.05, 3.63) is 17.7 Å². The maximum absolute atomic E-state index is 12.4. The van der Waals surface area contributed by atoms with E-state index in [9.17, 15) is 4.79 Å². The van der Waals surface area contributed by atoms with E-state index in [0.29, 0.717) is 23.1 Å². The summed E-state index contributed by atoms with van der Waals surface area (Å²) in [6.45, 7) is 6.12. The smallest absolute Gasteiger partial charge is 0.272 e. The van der Waals surface area contributed by atoms with E-state index < -0.39 is 0 Å². The zero-order valence-corrected chi connectivity index (χ0v) is 12.7. The first-order valence-electron chi connectivity index (χ1n) is 7.38. The Morgan fingerprint density at radius 2 is 2.05 bits per heavy atom. The van der Waals surface area contributed by atoms with Crippen molar-refractivity contribution in [3.8, 4) is 0 Å². The number of hydrogen-bond donors (Lipinski definition) is 2. The van der Waals surface area contributed by atoms with Gasteiger partial charge in [0.25, 0.3) is 5.91 Å². The third-order valence-corrected chi connectivity index (χ3v) is 4.02. The summed E-state index contributed by atoms with van der Waals surface area (Å²) in [6, 6.07) is 0.207. The highest BCUT2D eigenvalue weighted by molar-refractivity contribution is 5.97. The zero-order chi connectivity index (χ0) is 14.7. The van der Waals surface area contributed by atoms with Crippen LogP contribution in [0, 0.1) is 5.92 Å². The van der Waals surface area contributed by atoms with Crippen LogP contribution in [0.15, 0.2) is 6.20 Å². The number of amides is 1.